The maximum atomic E-state index is 10.9. The van der Waals surface area contributed by atoms with E-state index in [9.17, 15) is 4.79 Å². The smallest absolute Gasteiger partial charge is 0.137 e. The van der Waals surface area contributed by atoms with Crippen LogP contribution >= 0.6 is 0 Å². The molecule has 1 aromatic carbocycles. The van der Waals surface area contributed by atoms with Crippen molar-refractivity contribution < 1.29 is 4.79 Å². The van der Waals surface area contributed by atoms with Crippen LogP contribution in [0.25, 0.3) is 0 Å². The Labute approximate surface area is 109 Å². The van der Waals surface area contributed by atoms with Crippen molar-refractivity contribution in [3.63, 3.8) is 0 Å². The third-order valence-electron chi connectivity index (χ3n) is 3.64. The summed E-state index contributed by atoms with van der Waals surface area (Å²) in [6.07, 6.45) is 3.29. The molecule has 0 bridgehead atoms. The van der Waals surface area contributed by atoms with E-state index < -0.39 is 0 Å². The standard InChI is InChI=1S/C15H22N2O/c1-16(12-14-6-3-2-4-7-14)10-11-17-9-5-8-15(17)13-18/h2-4,6-7,13,15H,5,8-12H2,1H3. The maximum Gasteiger partial charge on any atom is 0.137 e. The number of carbonyl (C=O) groups excluding carboxylic acids is 1. The van der Waals surface area contributed by atoms with E-state index in [1.54, 1.807) is 0 Å². The number of nitrogens with zero attached hydrogens (tertiary/aromatic N) is 2. The number of benzene rings is 1. The lowest BCUT2D eigenvalue weighted by Gasteiger charge is -2.24. The molecule has 1 aliphatic rings. The average Bonchev–Trinajstić information content (AvgIpc) is 2.85. The largest absolute Gasteiger partial charge is 0.302 e. The first-order valence-corrected chi connectivity index (χ1v) is 6.71. The third kappa shape index (κ3) is 3.65. The fourth-order valence-corrected chi connectivity index (χ4v) is 2.56. The van der Waals surface area contributed by atoms with Crippen molar-refractivity contribution in [2.75, 3.05) is 26.7 Å². The van der Waals surface area contributed by atoms with Gasteiger partial charge in [-0.1, -0.05) is 30.3 Å². The second-order valence-corrected chi connectivity index (χ2v) is 5.11. The Balaban J connectivity index is 1.75. The van der Waals surface area contributed by atoms with Crippen molar-refractivity contribution >= 4 is 6.29 Å². The molecular weight excluding hydrogens is 224 g/mol. The number of rotatable bonds is 6. The van der Waals surface area contributed by atoms with Gasteiger partial charge in [0, 0.05) is 19.6 Å². The first kappa shape index (κ1) is 13.2. The minimum Gasteiger partial charge on any atom is -0.302 e. The molecule has 1 saturated heterocycles. The summed E-state index contributed by atoms with van der Waals surface area (Å²) in [6.45, 7) is 4.05. The molecule has 1 unspecified atom stereocenters. The summed E-state index contributed by atoms with van der Waals surface area (Å²) in [6, 6.07) is 10.7. The highest BCUT2D eigenvalue weighted by molar-refractivity contribution is 5.58. The van der Waals surface area contributed by atoms with E-state index in [2.05, 4.69) is 41.1 Å². The Morgan fingerprint density at radius 1 is 1.39 bits per heavy atom. The van der Waals surface area contributed by atoms with Crippen molar-refractivity contribution in [1.29, 1.82) is 0 Å². The molecule has 0 aromatic heterocycles. The Hall–Kier alpha value is -1.19. The third-order valence-corrected chi connectivity index (χ3v) is 3.64. The molecule has 0 aliphatic carbocycles. The summed E-state index contributed by atoms with van der Waals surface area (Å²) in [4.78, 5) is 15.5. The van der Waals surface area contributed by atoms with E-state index in [-0.39, 0.29) is 6.04 Å². The molecule has 0 spiro atoms. The fourth-order valence-electron chi connectivity index (χ4n) is 2.56. The SMILES string of the molecule is CN(CCN1CCCC1C=O)Cc1ccccc1. The number of likely N-dealkylation sites (N-methyl/N-ethyl adjacent to an activating group) is 1. The number of hydrogen-bond acceptors (Lipinski definition) is 3. The lowest BCUT2D eigenvalue weighted by molar-refractivity contribution is -0.111. The number of carbonyl (C=O) groups is 1. The number of likely N-dealkylation sites (tertiary alicyclic amines) is 1. The highest BCUT2D eigenvalue weighted by atomic mass is 16.1. The molecule has 98 valence electrons. The second kappa shape index (κ2) is 6.66. The van der Waals surface area contributed by atoms with Crippen LogP contribution in [0.15, 0.2) is 30.3 Å². The molecule has 1 aromatic rings. The maximum absolute atomic E-state index is 10.9. The monoisotopic (exact) mass is 246 g/mol. The van der Waals surface area contributed by atoms with Crippen molar-refractivity contribution in [3.05, 3.63) is 35.9 Å². The quantitative estimate of drug-likeness (QED) is 0.715. The zero-order valence-electron chi connectivity index (χ0n) is 11.1. The van der Waals surface area contributed by atoms with Crippen LogP contribution in [0.5, 0.6) is 0 Å². The van der Waals surface area contributed by atoms with E-state index in [0.717, 1.165) is 45.3 Å². The summed E-state index contributed by atoms with van der Waals surface area (Å²) in [5, 5.41) is 0. The van der Waals surface area contributed by atoms with E-state index in [1.165, 1.54) is 5.56 Å². The average molecular weight is 246 g/mol. The molecule has 1 atom stereocenters. The van der Waals surface area contributed by atoms with Gasteiger partial charge in [-0.25, -0.2) is 0 Å². The minimum absolute atomic E-state index is 0.162. The van der Waals surface area contributed by atoms with E-state index in [4.69, 9.17) is 0 Å². The molecule has 18 heavy (non-hydrogen) atoms. The molecule has 0 radical (unpaired) electrons. The highest BCUT2D eigenvalue weighted by Gasteiger charge is 2.23. The Morgan fingerprint density at radius 2 is 2.17 bits per heavy atom. The van der Waals surface area contributed by atoms with Gasteiger partial charge in [-0.2, -0.15) is 0 Å². The fraction of sp³-hybridized carbons (Fsp3) is 0.533. The number of hydrogen-bond donors (Lipinski definition) is 0. The molecule has 3 nitrogen and oxygen atoms in total. The number of aldehydes is 1. The van der Waals surface area contributed by atoms with Gasteiger partial charge in [0.2, 0.25) is 0 Å². The van der Waals surface area contributed by atoms with Gasteiger partial charge in [-0.15, -0.1) is 0 Å². The molecule has 0 N–H and O–H groups in total. The van der Waals surface area contributed by atoms with Crippen LogP contribution in [-0.2, 0) is 11.3 Å². The van der Waals surface area contributed by atoms with Crippen LogP contribution in [-0.4, -0.2) is 48.8 Å². The van der Waals surface area contributed by atoms with Gasteiger partial charge in [0.15, 0.2) is 0 Å². The first-order chi connectivity index (χ1) is 8.79. The van der Waals surface area contributed by atoms with Gasteiger partial charge in [-0.05, 0) is 32.0 Å². The Bertz CT molecular complexity index is 366. The molecular formula is C15H22N2O. The second-order valence-electron chi connectivity index (χ2n) is 5.11. The van der Waals surface area contributed by atoms with Gasteiger partial charge in [-0.3, -0.25) is 4.90 Å². The molecule has 1 fully saturated rings. The summed E-state index contributed by atoms with van der Waals surface area (Å²) >= 11 is 0. The minimum atomic E-state index is 0.162. The summed E-state index contributed by atoms with van der Waals surface area (Å²) in [7, 11) is 2.14. The van der Waals surface area contributed by atoms with Gasteiger partial charge < -0.3 is 9.69 Å². The predicted molar refractivity (Wildman–Crippen MR) is 73.4 cm³/mol. The van der Waals surface area contributed by atoms with Crippen molar-refractivity contribution in [3.8, 4) is 0 Å². The van der Waals surface area contributed by atoms with Crippen LogP contribution in [0.2, 0.25) is 0 Å². The van der Waals surface area contributed by atoms with Gasteiger partial charge in [0.25, 0.3) is 0 Å². The summed E-state index contributed by atoms with van der Waals surface area (Å²) < 4.78 is 0. The molecule has 0 amide bonds. The zero-order valence-corrected chi connectivity index (χ0v) is 11.1. The summed E-state index contributed by atoms with van der Waals surface area (Å²) in [5.41, 5.74) is 1.34. The normalized spacial score (nSPS) is 20.4. The zero-order chi connectivity index (χ0) is 12.8. The lowest BCUT2D eigenvalue weighted by atomic mass is 10.2. The van der Waals surface area contributed by atoms with Crippen molar-refractivity contribution in [1.82, 2.24) is 9.80 Å². The highest BCUT2D eigenvalue weighted by Crippen LogP contribution is 2.14. The predicted octanol–water partition coefficient (Wildman–Crippen LogP) is 1.78. The molecule has 1 aliphatic heterocycles. The van der Waals surface area contributed by atoms with E-state index in [1.807, 2.05) is 6.07 Å². The molecule has 0 saturated carbocycles. The van der Waals surface area contributed by atoms with E-state index in [0.29, 0.717) is 0 Å². The summed E-state index contributed by atoms with van der Waals surface area (Å²) in [5.74, 6) is 0. The Kier molecular flexibility index (Phi) is 4.90. The van der Waals surface area contributed by atoms with Crippen LogP contribution in [0.4, 0.5) is 0 Å². The molecule has 1 heterocycles. The van der Waals surface area contributed by atoms with Crippen molar-refractivity contribution in [2.45, 2.75) is 25.4 Å². The van der Waals surface area contributed by atoms with Crippen LogP contribution < -0.4 is 0 Å². The van der Waals surface area contributed by atoms with Gasteiger partial charge >= 0.3 is 0 Å². The molecule has 2 rings (SSSR count). The van der Waals surface area contributed by atoms with Crippen LogP contribution in [0, 0.1) is 0 Å². The first-order valence-electron chi connectivity index (χ1n) is 6.71. The van der Waals surface area contributed by atoms with Crippen LogP contribution in [0.3, 0.4) is 0 Å². The molecule has 3 heteroatoms. The lowest BCUT2D eigenvalue weighted by Crippen LogP contribution is -2.37. The van der Waals surface area contributed by atoms with Gasteiger partial charge in [0.05, 0.1) is 6.04 Å². The van der Waals surface area contributed by atoms with E-state index >= 15 is 0 Å². The van der Waals surface area contributed by atoms with Crippen LogP contribution in [0.1, 0.15) is 18.4 Å². The topological polar surface area (TPSA) is 23.6 Å². The van der Waals surface area contributed by atoms with Crippen molar-refractivity contribution in [2.24, 2.45) is 0 Å². The van der Waals surface area contributed by atoms with Gasteiger partial charge in [0.1, 0.15) is 6.29 Å². The Morgan fingerprint density at radius 3 is 2.89 bits per heavy atom.